The minimum absolute atomic E-state index is 0.0785. The largest absolute Gasteiger partial charge is 0.481 e. The number of aliphatic carboxylic acids is 1. The first-order valence-electron chi connectivity index (χ1n) is 5.25. The fraction of sp³-hybridized carbons (Fsp3) is 0.333. The summed E-state index contributed by atoms with van der Waals surface area (Å²) < 4.78 is 13.6. The number of amides is 1. The van der Waals surface area contributed by atoms with Gasteiger partial charge in [0, 0.05) is 19.0 Å². The number of rotatable bonds is 2. The topological polar surface area (TPSA) is 57.6 Å². The Hall–Kier alpha value is -1.91. The van der Waals surface area contributed by atoms with E-state index >= 15 is 0 Å². The van der Waals surface area contributed by atoms with E-state index in [1.807, 2.05) is 0 Å². The lowest BCUT2D eigenvalue weighted by Gasteiger charge is -2.23. The van der Waals surface area contributed by atoms with Crippen LogP contribution in [0, 0.1) is 11.7 Å². The normalized spacial score (nSPS) is 24.1. The Morgan fingerprint density at radius 2 is 2.12 bits per heavy atom. The lowest BCUT2D eigenvalue weighted by atomic mass is 9.93. The van der Waals surface area contributed by atoms with Crippen molar-refractivity contribution in [3.63, 3.8) is 0 Å². The molecular formula is C12H12FNO3. The van der Waals surface area contributed by atoms with E-state index in [0.717, 1.165) is 0 Å². The first-order chi connectivity index (χ1) is 8.02. The number of nitrogens with zero attached hydrogens (tertiary/aromatic N) is 1. The summed E-state index contributed by atoms with van der Waals surface area (Å²) in [6.45, 7) is 0. The average molecular weight is 237 g/mol. The Kier molecular flexibility index (Phi) is 2.83. The van der Waals surface area contributed by atoms with E-state index in [9.17, 15) is 14.0 Å². The third-order valence-electron chi connectivity index (χ3n) is 3.13. The van der Waals surface area contributed by atoms with E-state index in [4.69, 9.17) is 5.11 Å². The summed E-state index contributed by atoms with van der Waals surface area (Å²) >= 11 is 0. The molecule has 2 atom stereocenters. The molecule has 0 saturated carbocycles. The van der Waals surface area contributed by atoms with Gasteiger partial charge in [-0.1, -0.05) is 18.2 Å². The number of carboxylic acid groups (broad SMARTS) is 1. The van der Waals surface area contributed by atoms with Crippen LogP contribution in [0.5, 0.6) is 0 Å². The molecule has 0 bridgehead atoms. The van der Waals surface area contributed by atoms with Crippen molar-refractivity contribution in [2.75, 3.05) is 7.05 Å². The predicted octanol–water partition coefficient (Wildman–Crippen LogP) is 1.43. The molecule has 1 fully saturated rings. The number of likely N-dealkylation sites (tertiary alicyclic amines) is 1. The molecular weight excluding hydrogens is 225 g/mol. The fourth-order valence-corrected chi connectivity index (χ4v) is 2.23. The van der Waals surface area contributed by atoms with Crippen LogP contribution in [0.1, 0.15) is 18.0 Å². The molecule has 90 valence electrons. The number of carboxylic acids is 1. The summed E-state index contributed by atoms with van der Waals surface area (Å²) in [5, 5.41) is 9.07. The highest BCUT2D eigenvalue weighted by Crippen LogP contribution is 2.37. The number of carbonyl (C=O) groups excluding carboxylic acids is 1. The van der Waals surface area contributed by atoms with Gasteiger partial charge >= 0.3 is 5.97 Å². The van der Waals surface area contributed by atoms with Crippen molar-refractivity contribution < 1.29 is 19.1 Å². The first-order valence-corrected chi connectivity index (χ1v) is 5.25. The Bertz CT molecular complexity index is 475. The molecule has 5 heteroatoms. The van der Waals surface area contributed by atoms with Crippen LogP contribution in [0.4, 0.5) is 4.39 Å². The van der Waals surface area contributed by atoms with Crippen LogP contribution in [0.3, 0.4) is 0 Å². The van der Waals surface area contributed by atoms with Gasteiger partial charge in [0.25, 0.3) is 0 Å². The van der Waals surface area contributed by atoms with Crippen LogP contribution in [0.15, 0.2) is 24.3 Å². The quantitative estimate of drug-likeness (QED) is 0.846. The minimum atomic E-state index is -1.07. The zero-order chi connectivity index (χ0) is 12.6. The molecule has 0 spiro atoms. The highest BCUT2D eigenvalue weighted by Gasteiger charge is 2.43. The summed E-state index contributed by atoms with van der Waals surface area (Å²) in [6.07, 6.45) is -0.0785. The average Bonchev–Trinajstić information content (AvgIpc) is 2.57. The Balaban J connectivity index is 2.44. The maximum atomic E-state index is 13.6. The summed E-state index contributed by atoms with van der Waals surface area (Å²) in [5.41, 5.74) is 0.258. The smallest absolute Gasteiger partial charge is 0.309 e. The van der Waals surface area contributed by atoms with Gasteiger partial charge in [-0.2, -0.15) is 0 Å². The van der Waals surface area contributed by atoms with E-state index in [2.05, 4.69) is 0 Å². The van der Waals surface area contributed by atoms with Gasteiger partial charge < -0.3 is 10.0 Å². The molecule has 1 heterocycles. The van der Waals surface area contributed by atoms with E-state index in [1.54, 1.807) is 6.07 Å². The van der Waals surface area contributed by atoms with E-state index in [0.29, 0.717) is 0 Å². The standard InChI is InChI=1S/C12H12FNO3/c1-14-10(15)6-8(12(16)17)11(14)7-4-2-3-5-9(7)13/h2-5,8,11H,6H2,1H3,(H,16,17). The third-order valence-corrected chi connectivity index (χ3v) is 3.13. The monoisotopic (exact) mass is 237 g/mol. The Morgan fingerprint density at radius 1 is 1.47 bits per heavy atom. The van der Waals surface area contributed by atoms with Gasteiger partial charge in [-0.25, -0.2) is 4.39 Å². The first kappa shape index (κ1) is 11.6. The van der Waals surface area contributed by atoms with Crippen molar-refractivity contribution in [3.8, 4) is 0 Å². The van der Waals surface area contributed by atoms with Gasteiger partial charge in [0.1, 0.15) is 5.82 Å². The van der Waals surface area contributed by atoms with E-state index < -0.39 is 23.7 Å². The lowest BCUT2D eigenvalue weighted by molar-refractivity contribution is -0.142. The molecule has 0 aromatic heterocycles. The predicted molar refractivity (Wildman–Crippen MR) is 57.7 cm³/mol. The van der Waals surface area contributed by atoms with Gasteiger partial charge in [-0.15, -0.1) is 0 Å². The molecule has 2 unspecified atom stereocenters. The SMILES string of the molecule is CN1C(=O)CC(C(=O)O)C1c1ccccc1F. The molecule has 1 aromatic carbocycles. The maximum absolute atomic E-state index is 13.6. The minimum Gasteiger partial charge on any atom is -0.481 e. The summed E-state index contributed by atoms with van der Waals surface area (Å²) in [7, 11) is 1.50. The van der Waals surface area contributed by atoms with Gasteiger partial charge in [0.2, 0.25) is 5.91 Å². The summed E-state index contributed by atoms with van der Waals surface area (Å²) in [6, 6.07) is 5.23. The lowest BCUT2D eigenvalue weighted by Crippen LogP contribution is -2.27. The number of halogens is 1. The second kappa shape index (κ2) is 4.16. The molecule has 1 aromatic rings. The molecule has 1 amide bonds. The summed E-state index contributed by atoms with van der Waals surface area (Å²) in [4.78, 5) is 23.9. The van der Waals surface area contributed by atoms with Gasteiger partial charge in [-0.3, -0.25) is 9.59 Å². The van der Waals surface area contributed by atoms with Crippen molar-refractivity contribution in [2.45, 2.75) is 12.5 Å². The fourth-order valence-electron chi connectivity index (χ4n) is 2.23. The Labute approximate surface area is 97.7 Å². The highest BCUT2D eigenvalue weighted by molar-refractivity contribution is 5.87. The molecule has 1 N–H and O–H groups in total. The van der Waals surface area contributed by atoms with Crippen LogP contribution in [0.25, 0.3) is 0 Å². The number of hydrogen-bond acceptors (Lipinski definition) is 2. The van der Waals surface area contributed by atoms with Crippen molar-refractivity contribution in [1.29, 1.82) is 0 Å². The van der Waals surface area contributed by atoms with E-state index in [-0.39, 0.29) is 17.9 Å². The van der Waals surface area contributed by atoms with Crippen LogP contribution in [0.2, 0.25) is 0 Å². The number of hydrogen-bond donors (Lipinski definition) is 1. The number of carbonyl (C=O) groups is 2. The van der Waals surface area contributed by atoms with Gasteiger partial charge in [0.15, 0.2) is 0 Å². The van der Waals surface area contributed by atoms with Crippen LogP contribution >= 0.6 is 0 Å². The molecule has 0 aliphatic carbocycles. The van der Waals surface area contributed by atoms with Crippen molar-refractivity contribution in [1.82, 2.24) is 4.90 Å². The van der Waals surface area contributed by atoms with Gasteiger partial charge in [0.05, 0.1) is 12.0 Å². The molecule has 2 rings (SSSR count). The molecule has 17 heavy (non-hydrogen) atoms. The molecule has 4 nitrogen and oxygen atoms in total. The van der Waals surface area contributed by atoms with Crippen LogP contribution in [-0.4, -0.2) is 28.9 Å². The van der Waals surface area contributed by atoms with Crippen molar-refractivity contribution >= 4 is 11.9 Å². The van der Waals surface area contributed by atoms with Gasteiger partial charge in [-0.05, 0) is 6.07 Å². The van der Waals surface area contributed by atoms with Crippen molar-refractivity contribution in [3.05, 3.63) is 35.6 Å². The molecule has 1 saturated heterocycles. The summed E-state index contributed by atoms with van der Waals surface area (Å²) in [5.74, 6) is -2.71. The zero-order valence-electron chi connectivity index (χ0n) is 9.26. The molecule has 1 aliphatic heterocycles. The van der Waals surface area contributed by atoms with Crippen LogP contribution < -0.4 is 0 Å². The third kappa shape index (κ3) is 1.88. The second-order valence-corrected chi connectivity index (χ2v) is 4.12. The van der Waals surface area contributed by atoms with Crippen molar-refractivity contribution in [2.24, 2.45) is 5.92 Å². The van der Waals surface area contributed by atoms with Crippen LogP contribution in [-0.2, 0) is 9.59 Å². The highest BCUT2D eigenvalue weighted by atomic mass is 19.1. The number of benzene rings is 1. The van der Waals surface area contributed by atoms with E-state index in [1.165, 1.54) is 30.1 Å². The Morgan fingerprint density at radius 3 is 2.71 bits per heavy atom. The zero-order valence-corrected chi connectivity index (χ0v) is 9.26. The second-order valence-electron chi connectivity index (χ2n) is 4.12. The molecule has 1 aliphatic rings. The maximum Gasteiger partial charge on any atom is 0.309 e. The molecule has 0 radical (unpaired) electrons.